The van der Waals surface area contributed by atoms with E-state index in [0.29, 0.717) is 6.42 Å². The number of carboxylic acids is 1. The number of carbonyl (C=O) groups is 1. The highest BCUT2D eigenvalue weighted by molar-refractivity contribution is 5.92. The summed E-state index contributed by atoms with van der Waals surface area (Å²) in [7, 11) is 0. The van der Waals surface area contributed by atoms with Gasteiger partial charge in [0.2, 0.25) is 5.60 Å². The van der Waals surface area contributed by atoms with Crippen molar-refractivity contribution in [3.05, 3.63) is 35.9 Å². The Balaban J connectivity index is 1.89. The van der Waals surface area contributed by atoms with E-state index < -0.39 is 11.6 Å². The molecule has 1 atom stereocenters. The van der Waals surface area contributed by atoms with Crippen LogP contribution in [-0.4, -0.2) is 22.4 Å². The summed E-state index contributed by atoms with van der Waals surface area (Å²) in [5.74, 6) is -0.962. The summed E-state index contributed by atoms with van der Waals surface area (Å²) in [6.45, 7) is 1.55. The van der Waals surface area contributed by atoms with E-state index in [0.717, 1.165) is 18.6 Å². The molecule has 2 rings (SSSR count). The number of oxime groups is 1. The minimum atomic E-state index is -1.17. The monoisotopic (exact) mass is 233 g/mol. The molecule has 1 aromatic carbocycles. The van der Waals surface area contributed by atoms with E-state index in [4.69, 9.17) is 9.94 Å². The Morgan fingerprint density at radius 3 is 2.71 bits per heavy atom. The Morgan fingerprint density at radius 2 is 2.12 bits per heavy atom. The normalized spacial score (nSPS) is 23.0. The summed E-state index contributed by atoms with van der Waals surface area (Å²) in [6, 6.07) is 10.0. The first-order valence-corrected chi connectivity index (χ1v) is 5.61. The van der Waals surface area contributed by atoms with E-state index in [2.05, 4.69) is 5.16 Å². The smallest absolute Gasteiger partial charge is 0.351 e. The van der Waals surface area contributed by atoms with Gasteiger partial charge in [-0.25, -0.2) is 4.79 Å². The van der Waals surface area contributed by atoms with Crippen molar-refractivity contribution < 1.29 is 14.7 Å². The van der Waals surface area contributed by atoms with Gasteiger partial charge in [-0.15, -0.1) is 0 Å². The highest BCUT2D eigenvalue weighted by Crippen LogP contribution is 2.25. The Bertz CT molecular complexity index is 441. The average molecular weight is 233 g/mol. The van der Waals surface area contributed by atoms with Gasteiger partial charge in [0.15, 0.2) is 0 Å². The van der Waals surface area contributed by atoms with Crippen LogP contribution in [0.4, 0.5) is 0 Å². The van der Waals surface area contributed by atoms with E-state index in [9.17, 15) is 4.79 Å². The van der Waals surface area contributed by atoms with Gasteiger partial charge in [-0.3, -0.25) is 0 Å². The molecule has 0 saturated carbocycles. The number of nitrogens with zero attached hydrogens (tertiary/aromatic N) is 1. The van der Waals surface area contributed by atoms with Crippen molar-refractivity contribution in [2.24, 2.45) is 5.16 Å². The minimum absolute atomic E-state index is 0.370. The summed E-state index contributed by atoms with van der Waals surface area (Å²) >= 11 is 0. The van der Waals surface area contributed by atoms with Gasteiger partial charge in [0.1, 0.15) is 0 Å². The molecule has 0 fully saturated rings. The predicted molar refractivity (Wildman–Crippen MR) is 63.9 cm³/mol. The number of rotatable bonds is 4. The minimum Gasteiger partial charge on any atom is -0.478 e. The molecule has 1 aromatic rings. The Kier molecular flexibility index (Phi) is 3.13. The SMILES string of the molecule is CC1(C(=O)O)CC(CCc2ccccc2)=NO1. The third kappa shape index (κ3) is 2.64. The lowest BCUT2D eigenvalue weighted by atomic mass is 9.96. The van der Waals surface area contributed by atoms with Gasteiger partial charge in [-0.1, -0.05) is 35.5 Å². The molecule has 1 heterocycles. The van der Waals surface area contributed by atoms with Gasteiger partial charge in [0.25, 0.3) is 0 Å². The molecule has 0 aromatic heterocycles. The molecule has 90 valence electrons. The zero-order chi connectivity index (χ0) is 12.3. The Hall–Kier alpha value is -1.84. The number of hydrogen-bond donors (Lipinski definition) is 1. The molecular weight excluding hydrogens is 218 g/mol. The summed E-state index contributed by atoms with van der Waals surface area (Å²) in [4.78, 5) is 15.9. The molecular formula is C13H15NO3. The summed E-state index contributed by atoms with van der Waals surface area (Å²) < 4.78 is 0. The lowest BCUT2D eigenvalue weighted by Crippen LogP contribution is -2.35. The number of aliphatic carboxylic acids is 1. The van der Waals surface area contributed by atoms with Crippen molar-refractivity contribution in [1.82, 2.24) is 0 Å². The maximum absolute atomic E-state index is 10.9. The maximum Gasteiger partial charge on any atom is 0.351 e. The van der Waals surface area contributed by atoms with Crippen LogP contribution in [0.1, 0.15) is 25.3 Å². The Morgan fingerprint density at radius 1 is 1.41 bits per heavy atom. The lowest BCUT2D eigenvalue weighted by molar-refractivity contribution is -0.160. The van der Waals surface area contributed by atoms with Crippen LogP contribution in [0.25, 0.3) is 0 Å². The first-order valence-electron chi connectivity index (χ1n) is 5.61. The van der Waals surface area contributed by atoms with Crippen molar-refractivity contribution in [3.8, 4) is 0 Å². The molecule has 0 radical (unpaired) electrons. The molecule has 17 heavy (non-hydrogen) atoms. The maximum atomic E-state index is 10.9. The van der Waals surface area contributed by atoms with Gasteiger partial charge in [0.05, 0.1) is 5.71 Å². The summed E-state index contributed by atoms with van der Waals surface area (Å²) in [5, 5.41) is 12.8. The van der Waals surface area contributed by atoms with Crippen LogP contribution in [-0.2, 0) is 16.1 Å². The van der Waals surface area contributed by atoms with Crippen molar-refractivity contribution in [3.63, 3.8) is 0 Å². The fourth-order valence-corrected chi connectivity index (χ4v) is 1.80. The fraction of sp³-hybridized carbons (Fsp3) is 0.385. The first kappa shape index (κ1) is 11.6. The molecule has 1 aliphatic rings. The zero-order valence-corrected chi connectivity index (χ0v) is 9.72. The molecule has 0 aliphatic carbocycles. The van der Waals surface area contributed by atoms with E-state index >= 15 is 0 Å². The largest absolute Gasteiger partial charge is 0.478 e. The zero-order valence-electron chi connectivity index (χ0n) is 9.72. The third-order valence-electron chi connectivity index (χ3n) is 2.92. The van der Waals surface area contributed by atoms with Crippen LogP contribution in [0.5, 0.6) is 0 Å². The van der Waals surface area contributed by atoms with E-state index in [1.807, 2.05) is 30.3 Å². The van der Waals surface area contributed by atoms with Gasteiger partial charge >= 0.3 is 5.97 Å². The third-order valence-corrected chi connectivity index (χ3v) is 2.92. The molecule has 1 aliphatic heterocycles. The quantitative estimate of drug-likeness (QED) is 0.867. The number of benzene rings is 1. The molecule has 0 amide bonds. The molecule has 1 unspecified atom stereocenters. The van der Waals surface area contributed by atoms with E-state index in [-0.39, 0.29) is 0 Å². The van der Waals surface area contributed by atoms with Crippen LogP contribution in [0.2, 0.25) is 0 Å². The van der Waals surface area contributed by atoms with Crippen LogP contribution >= 0.6 is 0 Å². The second kappa shape index (κ2) is 4.57. The Labute approximate surface area is 99.9 Å². The van der Waals surface area contributed by atoms with Gasteiger partial charge in [-0.05, 0) is 25.3 Å². The molecule has 0 saturated heterocycles. The molecule has 4 heteroatoms. The van der Waals surface area contributed by atoms with Crippen LogP contribution in [0.15, 0.2) is 35.5 Å². The van der Waals surface area contributed by atoms with Crippen LogP contribution < -0.4 is 0 Å². The van der Waals surface area contributed by atoms with Crippen molar-refractivity contribution >= 4 is 11.7 Å². The van der Waals surface area contributed by atoms with Crippen LogP contribution in [0, 0.1) is 0 Å². The summed E-state index contributed by atoms with van der Waals surface area (Å²) in [6.07, 6.45) is 1.97. The van der Waals surface area contributed by atoms with Gasteiger partial charge in [-0.2, -0.15) is 0 Å². The average Bonchev–Trinajstić information content (AvgIpc) is 2.72. The lowest BCUT2D eigenvalue weighted by Gasteiger charge is -2.14. The second-order valence-electron chi connectivity index (χ2n) is 4.45. The van der Waals surface area contributed by atoms with E-state index in [1.54, 1.807) is 6.92 Å². The van der Waals surface area contributed by atoms with E-state index in [1.165, 1.54) is 5.56 Å². The highest BCUT2D eigenvalue weighted by atomic mass is 16.7. The van der Waals surface area contributed by atoms with Crippen LogP contribution in [0.3, 0.4) is 0 Å². The topological polar surface area (TPSA) is 58.9 Å². The first-order chi connectivity index (χ1) is 8.10. The molecule has 0 spiro atoms. The van der Waals surface area contributed by atoms with Crippen molar-refractivity contribution in [2.75, 3.05) is 0 Å². The molecule has 4 nitrogen and oxygen atoms in total. The van der Waals surface area contributed by atoms with Crippen molar-refractivity contribution in [1.29, 1.82) is 0 Å². The van der Waals surface area contributed by atoms with Gasteiger partial charge in [0, 0.05) is 6.42 Å². The number of aryl methyl sites for hydroxylation is 1. The van der Waals surface area contributed by atoms with Crippen molar-refractivity contribution in [2.45, 2.75) is 31.8 Å². The number of carboxylic acid groups (broad SMARTS) is 1. The molecule has 1 N–H and O–H groups in total. The fourth-order valence-electron chi connectivity index (χ4n) is 1.80. The predicted octanol–water partition coefficient (Wildman–Crippen LogP) is 2.24. The highest BCUT2D eigenvalue weighted by Gasteiger charge is 2.41. The van der Waals surface area contributed by atoms with Gasteiger partial charge < -0.3 is 9.94 Å². The summed E-state index contributed by atoms with van der Waals surface area (Å²) in [5.41, 5.74) is 0.865. The second-order valence-corrected chi connectivity index (χ2v) is 4.45. The number of hydrogen-bond acceptors (Lipinski definition) is 3. The molecule has 0 bridgehead atoms. The standard InChI is InChI=1S/C13H15NO3/c1-13(12(15)16)9-11(14-17-13)8-7-10-5-3-2-4-6-10/h2-6H,7-9H2,1H3,(H,15,16).